The molecule has 6 nitrogen and oxygen atoms in total. The number of rotatable bonds is 4. The highest BCUT2D eigenvalue weighted by Crippen LogP contribution is 2.33. The maximum Gasteiger partial charge on any atom is 0.135 e. The van der Waals surface area contributed by atoms with Gasteiger partial charge in [-0.15, -0.1) is 11.3 Å². The minimum Gasteiger partial charge on any atom is -0.510 e. The van der Waals surface area contributed by atoms with Crippen molar-refractivity contribution < 1.29 is 5.11 Å². The van der Waals surface area contributed by atoms with Crippen LogP contribution in [-0.2, 0) is 6.54 Å². The fraction of sp³-hybridized carbons (Fsp3) is 0.211. The monoisotopic (exact) mass is 365 g/mol. The van der Waals surface area contributed by atoms with Crippen LogP contribution in [0.4, 0.5) is 0 Å². The van der Waals surface area contributed by atoms with Crippen LogP contribution in [0.15, 0.2) is 41.5 Å². The molecular weight excluding hydrogens is 346 g/mol. The third-order valence-electron chi connectivity index (χ3n) is 4.60. The Labute approximate surface area is 155 Å². The normalized spacial score (nSPS) is 14.5. The number of aromatic nitrogens is 3. The van der Waals surface area contributed by atoms with Gasteiger partial charge in [-0.25, -0.2) is 4.98 Å². The second-order valence-corrected chi connectivity index (χ2v) is 7.20. The SMILES string of the molecule is Cc1n[nH]c(C)c1CN1CC(O)=C(c2nc(-c3ccccc3)cs2)C1=N. The highest BCUT2D eigenvalue weighted by atomic mass is 32.1. The lowest BCUT2D eigenvalue weighted by atomic mass is 10.2. The Morgan fingerprint density at radius 2 is 2.04 bits per heavy atom. The number of aliphatic hydroxyl groups is 1. The van der Waals surface area contributed by atoms with Crippen molar-refractivity contribution in [1.82, 2.24) is 20.1 Å². The summed E-state index contributed by atoms with van der Waals surface area (Å²) >= 11 is 1.45. The van der Waals surface area contributed by atoms with E-state index in [4.69, 9.17) is 5.41 Å². The fourth-order valence-electron chi connectivity index (χ4n) is 3.12. The van der Waals surface area contributed by atoms with Gasteiger partial charge in [0.05, 0.1) is 23.5 Å². The molecule has 0 saturated carbocycles. The van der Waals surface area contributed by atoms with Gasteiger partial charge in [0.25, 0.3) is 0 Å². The van der Waals surface area contributed by atoms with E-state index in [0.29, 0.717) is 29.5 Å². The zero-order valence-electron chi connectivity index (χ0n) is 14.6. The molecule has 1 aliphatic heterocycles. The fourth-order valence-corrected chi connectivity index (χ4v) is 4.02. The molecule has 4 rings (SSSR count). The maximum atomic E-state index is 10.5. The maximum absolute atomic E-state index is 10.5. The summed E-state index contributed by atoms with van der Waals surface area (Å²) in [6.45, 7) is 4.77. The zero-order valence-corrected chi connectivity index (χ0v) is 15.4. The molecule has 0 spiro atoms. The molecule has 0 unspecified atom stereocenters. The topological polar surface area (TPSA) is 88.9 Å². The minimum atomic E-state index is 0.197. The number of hydrogen-bond donors (Lipinski definition) is 3. The van der Waals surface area contributed by atoms with E-state index in [9.17, 15) is 5.11 Å². The molecule has 3 N–H and O–H groups in total. The Bertz CT molecular complexity index is 983. The van der Waals surface area contributed by atoms with Crippen LogP contribution in [-0.4, -0.2) is 37.6 Å². The van der Waals surface area contributed by atoms with E-state index in [1.165, 1.54) is 11.3 Å². The van der Waals surface area contributed by atoms with Crippen LogP contribution in [0.25, 0.3) is 16.8 Å². The van der Waals surface area contributed by atoms with Crippen LogP contribution >= 0.6 is 11.3 Å². The van der Waals surface area contributed by atoms with Crippen molar-refractivity contribution in [2.75, 3.05) is 6.54 Å². The van der Waals surface area contributed by atoms with Crippen molar-refractivity contribution in [3.63, 3.8) is 0 Å². The number of aromatic amines is 1. The van der Waals surface area contributed by atoms with Gasteiger partial charge in [0.1, 0.15) is 16.6 Å². The van der Waals surface area contributed by atoms with E-state index < -0.39 is 0 Å². The molecule has 1 aliphatic rings. The third-order valence-corrected chi connectivity index (χ3v) is 5.46. The predicted octanol–water partition coefficient (Wildman–Crippen LogP) is 3.91. The third kappa shape index (κ3) is 2.80. The molecule has 0 atom stereocenters. The van der Waals surface area contributed by atoms with Crippen LogP contribution < -0.4 is 0 Å². The number of H-pyrrole nitrogens is 1. The lowest BCUT2D eigenvalue weighted by Crippen LogP contribution is -2.26. The molecule has 26 heavy (non-hydrogen) atoms. The van der Waals surface area contributed by atoms with Crippen LogP contribution in [0, 0.1) is 19.3 Å². The minimum absolute atomic E-state index is 0.197. The van der Waals surface area contributed by atoms with Crippen molar-refractivity contribution >= 4 is 22.7 Å². The number of amidine groups is 1. The van der Waals surface area contributed by atoms with Crippen molar-refractivity contribution in [2.24, 2.45) is 0 Å². The van der Waals surface area contributed by atoms with Crippen molar-refractivity contribution in [1.29, 1.82) is 5.41 Å². The largest absolute Gasteiger partial charge is 0.510 e. The summed E-state index contributed by atoms with van der Waals surface area (Å²) in [7, 11) is 0. The summed E-state index contributed by atoms with van der Waals surface area (Å²) in [5.74, 6) is 0.499. The molecule has 0 aliphatic carbocycles. The molecule has 132 valence electrons. The average molecular weight is 365 g/mol. The molecular formula is C19H19N5OS. The van der Waals surface area contributed by atoms with E-state index in [2.05, 4.69) is 15.2 Å². The standard InChI is InChI=1S/C19H19N5OS/c1-11-14(12(2)23-22-11)8-24-9-16(25)17(18(24)20)19-21-15(10-26-19)13-6-4-3-5-7-13/h3-7,10,20,25H,8-9H2,1-2H3,(H,22,23). The molecule has 0 bridgehead atoms. The Kier molecular flexibility index (Phi) is 4.08. The van der Waals surface area contributed by atoms with Gasteiger partial charge in [-0.05, 0) is 13.8 Å². The van der Waals surface area contributed by atoms with Gasteiger partial charge in [-0.2, -0.15) is 5.10 Å². The number of hydrogen-bond acceptors (Lipinski definition) is 5. The van der Waals surface area contributed by atoms with Crippen molar-refractivity contribution in [3.8, 4) is 11.3 Å². The first-order chi connectivity index (χ1) is 12.5. The summed E-state index contributed by atoms with van der Waals surface area (Å²) in [4.78, 5) is 6.49. The Morgan fingerprint density at radius 1 is 1.27 bits per heavy atom. The highest BCUT2D eigenvalue weighted by molar-refractivity contribution is 7.11. The van der Waals surface area contributed by atoms with Gasteiger partial charge >= 0.3 is 0 Å². The Balaban J connectivity index is 1.59. The molecule has 3 aromatic rings. The van der Waals surface area contributed by atoms with Crippen LogP contribution in [0.3, 0.4) is 0 Å². The summed E-state index contributed by atoms with van der Waals surface area (Å²) in [5, 5.41) is 28.8. The number of aryl methyl sites for hydroxylation is 2. The molecule has 0 fully saturated rings. The van der Waals surface area contributed by atoms with Gasteiger partial charge in [0, 0.05) is 28.7 Å². The number of aliphatic hydroxyl groups excluding tert-OH is 1. The first-order valence-electron chi connectivity index (χ1n) is 8.32. The summed E-state index contributed by atoms with van der Waals surface area (Å²) in [6.07, 6.45) is 0. The van der Waals surface area contributed by atoms with Gasteiger partial charge in [-0.3, -0.25) is 10.5 Å². The van der Waals surface area contributed by atoms with Crippen molar-refractivity contribution in [2.45, 2.75) is 20.4 Å². The summed E-state index contributed by atoms with van der Waals surface area (Å²) < 4.78 is 0. The first-order valence-corrected chi connectivity index (χ1v) is 9.20. The second kappa shape index (κ2) is 6.42. The average Bonchev–Trinajstić information content (AvgIpc) is 3.31. The van der Waals surface area contributed by atoms with Crippen LogP contribution in [0.1, 0.15) is 22.0 Å². The lowest BCUT2D eigenvalue weighted by Gasteiger charge is -2.18. The van der Waals surface area contributed by atoms with Crippen LogP contribution in [0.2, 0.25) is 0 Å². The molecule has 2 aromatic heterocycles. The molecule has 1 aromatic carbocycles. The van der Waals surface area contributed by atoms with Gasteiger partial charge in [0.15, 0.2) is 0 Å². The number of benzene rings is 1. The molecule has 7 heteroatoms. The Morgan fingerprint density at radius 3 is 2.73 bits per heavy atom. The molecule has 0 radical (unpaired) electrons. The first kappa shape index (κ1) is 16.5. The van der Waals surface area contributed by atoms with Gasteiger partial charge in [-0.1, -0.05) is 30.3 Å². The summed E-state index contributed by atoms with van der Waals surface area (Å²) in [6, 6.07) is 9.92. The smallest absolute Gasteiger partial charge is 0.135 e. The molecule has 3 heterocycles. The number of nitrogens with zero attached hydrogens (tertiary/aromatic N) is 3. The van der Waals surface area contributed by atoms with E-state index in [-0.39, 0.29) is 5.76 Å². The van der Waals surface area contributed by atoms with E-state index >= 15 is 0 Å². The quantitative estimate of drug-likeness (QED) is 0.654. The number of nitrogens with one attached hydrogen (secondary N) is 2. The Hall–Kier alpha value is -2.93. The lowest BCUT2D eigenvalue weighted by molar-refractivity contribution is 0.346. The van der Waals surface area contributed by atoms with Gasteiger partial charge < -0.3 is 10.0 Å². The van der Waals surface area contributed by atoms with Gasteiger partial charge in [0.2, 0.25) is 0 Å². The molecule has 0 saturated heterocycles. The zero-order chi connectivity index (χ0) is 18.3. The van der Waals surface area contributed by atoms with E-state index in [1.54, 1.807) is 0 Å². The second-order valence-electron chi connectivity index (χ2n) is 6.34. The van der Waals surface area contributed by atoms with Crippen LogP contribution in [0.5, 0.6) is 0 Å². The summed E-state index contributed by atoms with van der Waals surface area (Å²) in [5.41, 5.74) is 5.39. The highest BCUT2D eigenvalue weighted by Gasteiger charge is 2.31. The van der Waals surface area contributed by atoms with Crippen molar-refractivity contribution in [3.05, 3.63) is 63.4 Å². The number of thiazole rings is 1. The van der Waals surface area contributed by atoms with E-state index in [0.717, 1.165) is 28.2 Å². The predicted molar refractivity (Wildman–Crippen MR) is 103 cm³/mol. The molecule has 0 amide bonds. The van der Waals surface area contributed by atoms with E-state index in [1.807, 2.05) is 54.5 Å².